The van der Waals surface area contributed by atoms with Gasteiger partial charge in [0.15, 0.2) is 0 Å². The van der Waals surface area contributed by atoms with Crippen molar-refractivity contribution in [3.8, 4) is 0 Å². The van der Waals surface area contributed by atoms with E-state index in [4.69, 9.17) is 19.2 Å². The standard InChI is InChI=1S/3CH2.H3O4P.Zr/c;;;1-5(2,3)4;/h3*1H2;(H3,1,2,3,4);. The fraction of sp³-hybridized carbons (Fsp3) is 0. The zero-order chi connectivity index (χ0) is 8.08. The van der Waals surface area contributed by atoms with E-state index in [0.29, 0.717) is 0 Å². The SMILES string of the molecule is O=P(O)(O)O.[CH2]=[Zr](=[CH2])=[CH2]. The maximum absolute atomic E-state index is 8.88. The number of rotatable bonds is 0. The predicted octanol–water partition coefficient (Wildman–Crippen LogP) is -1.03. The van der Waals surface area contributed by atoms with Crippen LogP contribution in [-0.2, 0) is 24.9 Å². The quantitative estimate of drug-likeness (QED) is 0.466. The molecule has 0 spiro atoms. The van der Waals surface area contributed by atoms with Crippen molar-refractivity contribution in [2.24, 2.45) is 0 Å². The van der Waals surface area contributed by atoms with Gasteiger partial charge in [-0.05, 0) is 0 Å². The van der Waals surface area contributed by atoms with E-state index in [9.17, 15) is 0 Å². The summed E-state index contributed by atoms with van der Waals surface area (Å²) in [4.78, 5) is 21.6. The second kappa shape index (κ2) is 5.39. The van der Waals surface area contributed by atoms with Crippen molar-refractivity contribution < 1.29 is 39.5 Å². The average molecular weight is 231 g/mol. The summed E-state index contributed by atoms with van der Waals surface area (Å²) in [7, 11) is -4.64. The third-order valence-electron chi connectivity index (χ3n) is 0. The van der Waals surface area contributed by atoms with Crippen LogP contribution in [0.3, 0.4) is 0 Å². The zero-order valence-electron chi connectivity index (χ0n) is 4.82. The molecule has 0 aromatic carbocycles. The second-order valence-corrected chi connectivity index (χ2v) is 5.98. The number of hydrogen-bond donors (Lipinski definition) is 3. The molecule has 0 aliphatic carbocycles. The van der Waals surface area contributed by atoms with Gasteiger partial charge in [-0.25, -0.2) is 4.57 Å². The first-order valence-electron chi connectivity index (χ1n) is 1.84. The Morgan fingerprint density at radius 1 is 1.11 bits per heavy atom. The van der Waals surface area contributed by atoms with Crippen LogP contribution in [0, 0.1) is 0 Å². The third-order valence-corrected chi connectivity index (χ3v) is 0. The van der Waals surface area contributed by atoms with E-state index in [2.05, 4.69) is 12.6 Å². The number of hydrogen-bond acceptors (Lipinski definition) is 1. The molecule has 0 bridgehead atoms. The van der Waals surface area contributed by atoms with E-state index in [1.165, 1.54) is 0 Å². The van der Waals surface area contributed by atoms with Crippen LogP contribution in [-0.4, -0.2) is 27.3 Å². The van der Waals surface area contributed by atoms with Crippen LogP contribution in [0.25, 0.3) is 0 Å². The van der Waals surface area contributed by atoms with Gasteiger partial charge in [0.25, 0.3) is 0 Å². The molecule has 0 atom stereocenters. The summed E-state index contributed by atoms with van der Waals surface area (Å²) in [6.45, 7) is 0. The van der Waals surface area contributed by atoms with Crippen molar-refractivity contribution in [2.45, 2.75) is 0 Å². The van der Waals surface area contributed by atoms with E-state index in [1.807, 2.05) is 0 Å². The Bertz CT molecular complexity index is 180. The summed E-state index contributed by atoms with van der Waals surface area (Å²) in [5.41, 5.74) is 0. The maximum atomic E-state index is 8.88. The molecule has 0 saturated carbocycles. The first kappa shape index (κ1) is 12.3. The molecule has 54 valence electrons. The summed E-state index contributed by atoms with van der Waals surface area (Å²) in [6, 6.07) is 0. The van der Waals surface area contributed by atoms with E-state index >= 15 is 0 Å². The van der Waals surface area contributed by atoms with Gasteiger partial charge in [-0.1, -0.05) is 0 Å². The Balaban J connectivity index is 0. The van der Waals surface area contributed by atoms with Crippen molar-refractivity contribution in [1.82, 2.24) is 0 Å². The molecule has 0 aliphatic rings. The molecule has 9 heavy (non-hydrogen) atoms. The van der Waals surface area contributed by atoms with Gasteiger partial charge in [-0.3, -0.25) is 0 Å². The van der Waals surface area contributed by atoms with Crippen LogP contribution >= 0.6 is 7.82 Å². The van der Waals surface area contributed by atoms with Crippen LogP contribution in [0.2, 0.25) is 0 Å². The first-order valence-corrected chi connectivity index (χ1v) is 8.62. The molecule has 0 fully saturated rings. The van der Waals surface area contributed by atoms with Gasteiger partial charge in [-0.2, -0.15) is 0 Å². The Morgan fingerprint density at radius 3 is 1.11 bits per heavy atom. The summed E-state index contributed by atoms with van der Waals surface area (Å²) >= 11 is -1.29. The van der Waals surface area contributed by atoms with Gasteiger partial charge >= 0.3 is 40.8 Å². The summed E-state index contributed by atoms with van der Waals surface area (Å²) in [5.74, 6) is 0. The molecule has 0 rings (SSSR count). The summed E-state index contributed by atoms with van der Waals surface area (Å²) < 4.78 is 19.7. The normalized spacial score (nSPS) is 8.22. The monoisotopic (exact) mass is 230 g/mol. The molecule has 0 amide bonds. The van der Waals surface area contributed by atoms with E-state index < -0.39 is 28.1 Å². The molecule has 0 aromatic rings. The third kappa shape index (κ3) is 1030. The summed E-state index contributed by atoms with van der Waals surface area (Å²) in [5, 5.41) is 0. The number of phosphoric acid groups is 1. The van der Waals surface area contributed by atoms with Gasteiger partial charge in [0.05, 0.1) is 0 Å². The molecule has 0 saturated heterocycles. The van der Waals surface area contributed by atoms with Crippen molar-refractivity contribution in [3.63, 3.8) is 0 Å². The fourth-order valence-electron chi connectivity index (χ4n) is 0. The molecule has 0 radical (unpaired) electrons. The van der Waals surface area contributed by atoms with Crippen molar-refractivity contribution in [3.05, 3.63) is 0 Å². The van der Waals surface area contributed by atoms with Crippen LogP contribution in [0.5, 0.6) is 0 Å². The van der Waals surface area contributed by atoms with Crippen LogP contribution in [0.15, 0.2) is 0 Å². The Labute approximate surface area is 60.1 Å². The van der Waals surface area contributed by atoms with Gasteiger partial charge in [0.2, 0.25) is 0 Å². The topological polar surface area (TPSA) is 77.8 Å². The van der Waals surface area contributed by atoms with Gasteiger partial charge in [0, 0.05) is 0 Å². The first-order chi connectivity index (χ1) is 3.73. The molecular weight excluding hydrogens is 222 g/mol. The molecule has 0 aromatic heterocycles. The van der Waals surface area contributed by atoms with E-state index in [1.54, 1.807) is 0 Å². The minimum atomic E-state index is -4.64. The van der Waals surface area contributed by atoms with Crippen LogP contribution in [0.1, 0.15) is 0 Å². The minimum absolute atomic E-state index is 1.29. The Hall–Kier alpha value is 0.603. The molecule has 6 heteroatoms. The average Bonchev–Trinajstić information content (AvgIpc) is 1.19. The van der Waals surface area contributed by atoms with Gasteiger partial charge in [-0.15, -0.1) is 0 Å². The van der Waals surface area contributed by atoms with Crippen LogP contribution < -0.4 is 0 Å². The van der Waals surface area contributed by atoms with Crippen molar-refractivity contribution in [2.75, 3.05) is 0 Å². The Morgan fingerprint density at radius 2 is 1.11 bits per heavy atom. The predicted molar refractivity (Wildman–Crippen MR) is 35.6 cm³/mol. The van der Waals surface area contributed by atoms with Gasteiger partial charge < -0.3 is 14.7 Å². The summed E-state index contributed by atoms with van der Waals surface area (Å²) in [6.07, 6.45) is 0. The molecule has 0 heterocycles. The Kier molecular flexibility index (Phi) is 7.37. The molecule has 4 nitrogen and oxygen atoms in total. The molecule has 3 N–H and O–H groups in total. The van der Waals surface area contributed by atoms with Gasteiger partial charge in [0.1, 0.15) is 0 Å². The zero-order valence-corrected chi connectivity index (χ0v) is 8.17. The van der Waals surface area contributed by atoms with Crippen molar-refractivity contribution in [1.29, 1.82) is 0 Å². The van der Waals surface area contributed by atoms with Crippen molar-refractivity contribution >= 4 is 20.5 Å². The van der Waals surface area contributed by atoms with E-state index in [0.717, 1.165) is 0 Å². The molecule has 0 aliphatic heterocycles. The molecular formula is C3H9O4PZr. The fourth-order valence-corrected chi connectivity index (χ4v) is 0. The molecule has 0 unspecified atom stereocenters. The van der Waals surface area contributed by atoms with E-state index in [-0.39, 0.29) is 0 Å². The van der Waals surface area contributed by atoms with Crippen LogP contribution in [0.4, 0.5) is 0 Å². The second-order valence-electron chi connectivity index (χ2n) is 1.26.